The smallest absolute Gasteiger partial charge is 0.225 e. The van der Waals surface area contributed by atoms with Crippen LogP contribution < -0.4 is 10.2 Å². The maximum atomic E-state index is 4.63. The lowest BCUT2D eigenvalue weighted by atomic mass is 10.3. The van der Waals surface area contributed by atoms with Crippen LogP contribution in [0.5, 0.6) is 0 Å². The summed E-state index contributed by atoms with van der Waals surface area (Å²) < 4.78 is 0. The van der Waals surface area contributed by atoms with Gasteiger partial charge in [-0.25, -0.2) is 4.98 Å². The molecule has 2 aromatic heterocycles. The third-order valence-corrected chi connectivity index (χ3v) is 4.65. The Morgan fingerprint density at radius 2 is 2.15 bits per heavy atom. The zero-order valence-corrected chi connectivity index (χ0v) is 12.9. The first kappa shape index (κ1) is 13.6. The first-order chi connectivity index (χ1) is 9.78. The van der Waals surface area contributed by atoms with Crippen LogP contribution in [-0.2, 0) is 0 Å². The van der Waals surface area contributed by atoms with Crippen molar-refractivity contribution in [2.45, 2.75) is 12.8 Å². The lowest BCUT2D eigenvalue weighted by Crippen LogP contribution is -2.32. The Morgan fingerprint density at radius 1 is 1.35 bits per heavy atom. The highest BCUT2D eigenvalue weighted by Gasteiger charge is 2.15. The first-order valence-corrected chi connectivity index (χ1v) is 8.02. The molecule has 0 amide bonds. The predicted octanol–water partition coefficient (Wildman–Crippen LogP) is 2.26. The van der Waals surface area contributed by atoms with Gasteiger partial charge in [-0.3, -0.25) is 0 Å². The Labute approximate surface area is 123 Å². The number of fused-ring (bicyclic) bond motifs is 1. The maximum absolute atomic E-state index is 4.63. The topological polar surface area (TPSA) is 44.3 Å². The highest BCUT2D eigenvalue weighted by Crippen LogP contribution is 2.28. The van der Waals surface area contributed by atoms with E-state index in [2.05, 4.69) is 43.6 Å². The lowest BCUT2D eigenvalue weighted by molar-refractivity contribution is 0.346. The van der Waals surface area contributed by atoms with Crippen LogP contribution in [0.15, 0.2) is 11.4 Å². The molecule has 0 saturated carbocycles. The second kappa shape index (κ2) is 5.93. The molecule has 1 saturated heterocycles. The van der Waals surface area contributed by atoms with Gasteiger partial charge in [-0.05, 0) is 37.4 Å². The van der Waals surface area contributed by atoms with E-state index in [1.165, 1.54) is 25.9 Å². The summed E-state index contributed by atoms with van der Waals surface area (Å²) in [5.41, 5.74) is 0. The minimum Gasteiger partial charge on any atom is -0.358 e. The average molecular weight is 291 g/mol. The minimum atomic E-state index is 0.697. The summed E-state index contributed by atoms with van der Waals surface area (Å²) in [7, 11) is 3.98. The number of nitrogens with one attached hydrogen (secondary N) is 1. The summed E-state index contributed by atoms with van der Waals surface area (Å²) in [5, 5.41) is 6.28. The van der Waals surface area contributed by atoms with Crippen molar-refractivity contribution >= 4 is 33.3 Å². The number of likely N-dealkylation sites (N-methyl/N-ethyl adjacent to an activating group) is 1. The fraction of sp³-hybridized carbons (Fsp3) is 0.571. The molecule has 1 fully saturated rings. The fourth-order valence-electron chi connectivity index (χ4n) is 2.65. The molecule has 5 nitrogen and oxygen atoms in total. The van der Waals surface area contributed by atoms with Gasteiger partial charge in [0.25, 0.3) is 0 Å². The van der Waals surface area contributed by atoms with Crippen LogP contribution in [-0.4, -0.2) is 55.1 Å². The molecule has 0 bridgehead atoms. The molecule has 3 rings (SSSR count). The van der Waals surface area contributed by atoms with Crippen LogP contribution in [0.25, 0.3) is 10.2 Å². The first-order valence-electron chi connectivity index (χ1n) is 7.14. The Balaban J connectivity index is 1.78. The van der Waals surface area contributed by atoms with Gasteiger partial charge in [0, 0.05) is 27.2 Å². The van der Waals surface area contributed by atoms with Crippen molar-refractivity contribution < 1.29 is 0 Å². The van der Waals surface area contributed by atoms with Crippen molar-refractivity contribution in [3.8, 4) is 0 Å². The molecule has 0 unspecified atom stereocenters. The zero-order valence-electron chi connectivity index (χ0n) is 12.1. The van der Waals surface area contributed by atoms with Gasteiger partial charge in [-0.15, -0.1) is 11.3 Å². The molecule has 0 radical (unpaired) electrons. The van der Waals surface area contributed by atoms with Crippen molar-refractivity contribution in [2.24, 2.45) is 0 Å². The van der Waals surface area contributed by atoms with E-state index in [-0.39, 0.29) is 0 Å². The fourth-order valence-corrected chi connectivity index (χ4v) is 3.40. The largest absolute Gasteiger partial charge is 0.358 e. The number of hydrogen-bond acceptors (Lipinski definition) is 6. The van der Waals surface area contributed by atoms with Gasteiger partial charge in [0.05, 0.1) is 5.39 Å². The van der Waals surface area contributed by atoms with Crippen molar-refractivity contribution in [3.05, 3.63) is 11.4 Å². The molecule has 1 N–H and O–H groups in total. The third-order valence-electron chi connectivity index (χ3n) is 3.84. The number of likely N-dealkylation sites (tertiary alicyclic amines) is 1. The minimum absolute atomic E-state index is 0.697. The molecular weight excluding hydrogens is 270 g/mol. The highest BCUT2D eigenvalue weighted by atomic mass is 32.1. The molecular formula is C14H21N5S. The Morgan fingerprint density at radius 3 is 2.90 bits per heavy atom. The second-order valence-electron chi connectivity index (χ2n) is 5.23. The molecule has 3 heterocycles. The van der Waals surface area contributed by atoms with Crippen LogP contribution in [0.4, 0.5) is 11.8 Å². The van der Waals surface area contributed by atoms with E-state index in [1.807, 2.05) is 7.05 Å². The number of anilines is 2. The third kappa shape index (κ3) is 2.71. The summed E-state index contributed by atoms with van der Waals surface area (Å²) in [5.74, 6) is 1.72. The summed E-state index contributed by atoms with van der Waals surface area (Å²) in [6, 6.07) is 2.11. The summed E-state index contributed by atoms with van der Waals surface area (Å²) in [6.45, 7) is 4.60. The number of rotatable bonds is 5. The van der Waals surface area contributed by atoms with Crippen molar-refractivity contribution in [1.82, 2.24) is 14.9 Å². The Kier molecular flexibility index (Phi) is 4.03. The standard InChI is InChI=1S/C14H21N5S/c1-15-14-16-12(11-5-10-20-13(11)17-14)18(2)8-9-19-6-3-4-7-19/h5,10H,3-4,6-9H2,1-2H3,(H,15,16,17). The summed E-state index contributed by atoms with van der Waals surface area (Å²) in [4.78, 5) is 14.9. The van der Waals surface area contributed by atoms with Gasteiger partial charge in [-0.1, -0.05) is 0 Å². The number of nitrogens with zero attached hydrogens (tertiary/aromatic N) is 4. The van der Waals surface area contributed by atoms with Crippen molar-refractivity contribution in [3.63, 3.8) is 0 Å². The number of thiophene rings is 1. The van der Waals surface area contributed by atoms with Gasteiger partial charge < -0.3 is 15.1 Å². The molecule has 108 valence electrons. The molecule has 0 spiro atoms. The van der Waals surface area contributed by atoms with Gasteiger partial charge in [0.15, 0.2) is 0 Å². The Bertz CT molecular complexity index is 576. The molecule has 6 heteroatoms. The molecule has 2 aromatic rings. The van der Waals surface area contributed by atoms with Crippen LogP contribution >= 0.6 is 11.3 Å². The molecule has 20 heavy (non-hydrogen) atoms. The van der Waals surface area contributed by atoms with Crippen molar-refractivity contribution in [2.75, 3.05) is 50.5 Å². The second-order valence-corrected chi connectivity index (χ2v) is 6.13. The van der Waals surface area contributed by atoms with E-state index in [1.54, 1.807) is 11.3 Å². The molecule has 0 aliphatic carbocycles. The van der Waals surface area contributed by atoms with Gasteiger partial charge in [-0.2, -0.15) is 4.98 Å². The number of aromatic nitrogens is 2. The normalized spacial score (nSPS) is 15.9. The molecule has 1 aliphatic heterocycles. The van der Waals surface area contributed by atoms with E-state index >= 15 is 0 Å². The molecule has 0 atom stereocenters. The predicted molar refractivity (Wildman–Crippen MR) is 85.9 cm³/mol. The van der Waals surface area contributed by atoms with Crippen LogP contribution in [0.3, 0.4) is 0 Å². The van der Waals surface area contributed by atoms with Crippen LogP contribution in [0.2, 0.25) is 0 Å². The zero-order chi connectivity index (χ0) is 13.9. The van der Waals surface area contributed by atoms with E-state index < -0.39 is 0 Å². The summed E-state index contributed by atoms with van der Waals surface area (Å²) >= 11 is 1.66. The monoisotopic (exact) mass is 291 g/mol. The van der Waals surface area contributed by atoms with E-state index in [9.17, 15) is 0 Å². The maximum Gasteiger partial charge on any atom is 0.225 e. The van der Waals surface area contributed by atoms with Crippen LogP contribution in [0, 0.1) is 0 Å². The Hall–Kier alpha value is -1.40. The van der Waals surface area contributed by atoms with E-state index in [0.29, 0.717) is 5.95 Å². The van der Waals surface area contributed by atoms with Crippen molar-refractivity contribution in [1.29, 1.82) is 0 Å². The summed E-state index contributed by atoms with van der Waals surface area (Å²) in [6.07, 6.45) is 2.69. The van der Waals surface area contributed by atoms with Gasteiger partial charge in [0.1, 0.15) is 10.6 Å². The van der Waals surface area contributed by atoms with E-state index in [0.717, 1.165) is 29.1 Å². The van der Waals surface area contributed by atoms with Gasteiger partial charge in [0.2, 0.25) is 5.95 Å². The lowest BCUT2D eigenvalue weighted by Gasteiger charge is -2.23. The SMILES string of the molecule is CNc1nc(N(C)CCN2CCCC2)c2ccsc2n1. The number of hydrogen-bond donors (Lipinski definition) is 1. The quantitative estimate of drug-likeness (QED) is 0.915. The van der Waals surface area contributed by atoms with Crippen LogP contribution in [0.1, 0.15) is 12.8 Å². The van der Waals surface area contributed by atoms with Gasteiger partial charge >= 0.3 is 0 Å². The average Bonchev–Trinajstić information content (AvgIpc) is 3.14. The molecule has 1 aliphatic rings. The van der Waals surface area contributed by atoms with E-state index in [4.69, 9.17) is 0 Å². The highest BCUT2D eigenvalue weighted by molar-refractivity contribution is 7.16. The molecule has 0 aromatic carbocycles.